The molecule has 0 aromatic heterocycles. The number of nitrogens with zero attached hydrogens (tertiary/aromatic N) is 2. The number of benzene rings is 1. The third kappa shape index (κ3) is 3.05. The third-order valence-electron chi connectivity index (χ3n) is 3.88. The van der Waals surface area contributed by atoms with Gasteiger partial charge in [0.25, 0.3) is 0 Å². The normalized spacial score (nSPS) is 25.1. The maximum atomic E-state index is 13.6. The minimum absolute atomic E-state index is 0. The first-order chi connectivity index (χ1) is 9.08. The van der Waals surface area contributed by atoms with Gasteiger partial charge in [-0.3, -0.25) is 0 Å². The maximum Gasteiger partial charge on any atom is 0.191 e. The second kappa shape index (κ2) is 5.83. The SMILES string of the molecule is CN(C(N)=N[C@@H]1C[C@H]1c1c(F)cccc1F)C1CC1.I. The molecule has 2 atom stereocenters. The average molecular weight is 393 g/mol. The van der Waals surface area contributed by atoms with E-state index in [1.54, 1.807) is 0 Å². The third-order valence-corrected chi connectivity index (χ3v) is 3.88. The summed E-state index contributed by atoms with van der Waals surface area (Å²) < 4.78 is 27.2. The Morgan fingerprint density at radius 2 is 1.90 bits per heavy atom. The van der Waals surface area contributed by atoms with Gasteiger partial charge in [0.2, 0.25) is 0 Å². The number of aliphatic imine (C=N–C) groups is 1. The second-order valence-corrected chi connectivity index (χ2v) is 5.37. The number of nitrogens with two attached hydrogens (primary N) is 1. The van der Waals surface area contributed by atoms with Crippen molar-refractivity contribution in [2.45, 2.75) is 37.3 Å². The molecule has 0 unspecified atom stereocenters. The van der Waals surface area contributed by atoms with E-state index in [2.05, 4.69) is 4.99 Å². The summed E-state index contributed by atoms with van der Waals surface area (Å²) in [6.07, 6.45) is 2.95. The highest BCUT2D eigenvalue weighted by molar-refractivity contribution is 14.0. The van der Waals surface area contributed by atoms with Gasteiger partial charge in [0.05, 0.1) is 6.04 Å². The largest absolute Gasteiger partial charge is 0.370 e. The minimum atomic E-state index is -0.489. The summed E-state index contributed by atoms with van der Waals surface area (Å²) in [5.41, 5.74) is 6.05. The fourth-order valence-corrected chi connectivity index (χ4v) is 2.41. The van der Waals surface area contributed by atoms with Crippen LogP contribution >= 0.6 is 24.0 Å². The summed E-state index contributed by atoms with van der Waals surface area (Å²) in [5, 5.41) is 0. The molecule has 0 amide bonds. The zero-order valence-corrected chi connectivity index (χ0v) is 13.6. The van der Waals surface area contributed by atoms with Crippen molar-refractivity contribution in [2.24, 2.45) is 10.7 Å². The first-order valence-electron chi connectivity index (χ1n) is 6.58. The lowest BCUT2D eigenvalue weighted by atomic mass is 10.1. The van der Waals surface area contributed by atoms with Gasteiger partial charge in [-0.2, -0.15) is 0 Å². The predicted molar refractivity (Wildman–Crippen MR) is 85.3 cm³/mol. The molecule has 2 fully saturated rings. The van der Waals surface area contributed by atoms with E-state index in [0.717, 1.165) is 12.8 Å². The van der Waals surface area contributed by atoms with Crippen molar-refractivity contribution in [3.63, 3.8) is 0 Å². The molecule has 0 bridgehead atoms. The van der Waals surface area contributed by atoms with Crippen molar-refractivity contribution in [1.82, 2.24) is 4.90 Å². The van der Waals surface area contributed by atoms with Crippen LogP contribution < -0.4 is 5.73 Å². The molecular weight excluding hydrogens is 375 g/mol. The van der Waals surface area contributed by atoms with Gasteiger partial charge in [0.1, 0.15) is 11.6 Å². The van der Waals surface area contributed by atoms with Crippen LogP contribution in [0.25, 0.3) is 0 Å². The van der Waals surface area contributed by atoms with E-state index in [-0.39, 0.29) is 41.5 Å². The number of guanidine groups is 1. The van der Waals surface area contributed by atoms with Crippen LogP contribution in [0.1, 0.15) is 30.7 Å². The number of halogens is 3. The Bertz CT molecular complexity index is 511. The van der Waals surface area contributed by atoms with Crippen LogP contribution in [0, 0.1) is 11.6 Å². The van der Waals surface area contributed by atoms with E-state index >= 15 is 0 Å². The van der Waals surface area contributed by atoms with Crippen LogP contribution in [0.5, 0.6) is 0 Å². The van der Waals surface area contributed by atoms with Crippen LogP contribution in [0.4, 0.5) is 8.78 Å². The first kappa shape index (κ1) is 15.5. The van der Waals surface area contributed by atoms with Gasteiger partial charge in [0, 0.05) is 24.6 Å². The monoisotopic (exact) mass is 393 g/mol. The molecule has 2 saturated carbocycles. The highest BCUT2D eigenvalue weighted by Crippen LogP contribution is 2.45. The fraction of sp³-hybridized carbons (Fsp3) is 0.500. The summed E-state index contributed by atoms with van der Waals surface area (Å²) >= 11 is 0. The fourth-order valence-electron chi connectivity index (χ4n) is 2.41. The highest BCUT2D eigenvalue weighted by atomic mass is 127. The standard InChI is InChI=1S/C14H17F2N3.HI/c1-19(8-5-6-8)14(17)18-12-7-9(12)13-10(15)3-2-4-11(13)16;/h2-4,8-9,12H,5-7H2,1H3,(H2,17,18);1H/t9-,12-;/m1./s1. The van der Waals surface area contributed by atoms with Gasteiger partial charge in [-0.05, 0) is 31.4 Å². The molecule has 110 valence electrons. The van der Waals surface area contributed by atoms with Gasteiger partial charge in [-0.25, -0.2) is 13.8 Å². The maximum absolute atomic E-state index is 13.6. The summed E-state index contributed by atoms with van der Waals surface area (Å²) in [4.78, 5) is 6.33. The Labute approximate surface area is 134 Å². The molecular formula is C14H18F2IN3. The van der Waals surface area contributed by atoms with Gasteiger partial charge in [-0.15, -0.1) is 24.0 Å². The average Bonchev–Trinajstić information content (AvgIpc) is 3.22. The van der Waals surface area contributed by atoms with Crippen molar-refractivity contribution >= 4 is 29.9 Å². The molecule has 3 rings (SSSR count). The lowest BCUT2D eigenvalue weighted by Crippen LogP contribution is -2.36. The van der Waals surface area contributed by atoms with Crippen LogP contribution in [-0.4, -0.2) is 30.0 Å². The predicted octanol–water partition coefficient (Wildman–Crippen LogP) is 2.85. The number of rotatable bonds is 3. The molecule has 0 saturated heterocycles. The van der Waals surface area contributed by atoms with Crippen molar-refractivity contribution in [3.05, 3.63) is 35.4 Å². The minimum Gasteiger partial charge on any atom is -0.370 e. The Morgan fingerprint density at radius 1 is 1.30 bits per heavy atom. The van der Waals surface area contributed by atoms with E-state index in [0.29, 0.717) is 18.4 Å². The van der Waals surface area contributed by atoms with E-state index in [9.17, 15) is 8.78 Å². The molecule has 1 aromatic rings. The lowest BCUT2D eigenvalue weighted by molar-refractivity contribution is 0.486. The van der Waals surface area contributed by atoms with Gasteiger partial charge in [0.15, 0.2) is 5.96 Å². The lowest BCUT2D eigenvalue weighted by Gasteiger charge is -2.16. The van der Waals surface area contributed by atoms with E-state index < -0.39 is 11.6 Å². The van der Waals surface area contributed by atoms with Crippen molar-refractivity contribution in [1.29, 1.82) is 0 Å². The zero-order chi connectivity index (χ0) is 13.6. The molecule has 2 N–H and O–H groups in total. The Hall–Kier alpha value is -0.920. The molecule has 20 heavy (non-hydrogen) atoms. The molecule has 0 spiro atoms. The molecule has 6 heteroatoms. The van der Waals surface area contributed by atoms with Crippen molar-refractivity contribution in [3.8, 4) is 0 Å². The van der Waals surface area contributed by atoms with Crippen LogP contribution in [0.3, 0.4) is 0 Å². The molecule has 0 heterocycles. The number of hydrogen-bond donors (Lipinski definition) is 1. The smallest absolute Gasteiger partial charge is 0.191 e. The summed E-state index contributed by atoms with van der Waals surface area (Å²) in [7, 11) is 1.91. The van der Waals surface area contributed by atoms with E-state index in [1.807, 2.05) is 11.9 Å². The quantitative estimate of drug-likeness (QED) is 0.488. The highest BCUT2D eigenvalue weighted by Gasteiger charge is 2.42. The summed E-state index contributed by atoms with van der Waals surface area (Å²) in [6, 6.07) is 4.36. The van der Waals surface area contributed by atoms with E-state index in [4.69, 9.17) is 5.73 Å². The van der Waals surface area contributed by atoms with Crippen LogP contribution in [0.15, 0.2) is 23.2 Å². The molecule has 3 nitrogen and oxygen atoms in total. The van der Waals surface area contributed by atoms with Crippen molar-refractivity contribution in [2.75, 3.05) is 7.05 Å². The molecule has 1 aromatic carbocycles. The molecule has 2 aliphatic rings. The van der Waals surface area contributed by atoms with Crippen LogP contribution in [-0.2, 0) is 0 Å². The Balaban J connectivity index is 0.00000147. The van der Waals surface area contributed by atoms with Gasteiger partial charge >= 0.3 is 0 Å². The Kier molecular flexibility index (Phi) is 4.51. The van der Waals surface area contributed by atoms with Crippen molar-refractivity contribution < 1.29 is 8.78 Å². The first-order valence-corrected chi connectivity index (χ1v) is 6.58. The summed E-state index contributed by atoms with van der Waals surface area (Å²) in [6.45, 7) is 0. The molecule has 0 aliphatic heterocycles. The summed E-state index contributed by atoms with van der Waals surface area (Å²) in [5.74, 6) is -0.673. The number of hydrogen-bond acceptors (Lipinski definition) is 1. The van der Waals surface area contributed by atoms with Crippen LogP contribution in [0.2, 0.25) is 0 Å². The second-order valence-electron chi connectivity index (χ2n) is 5.37. The topological polar surface area (TPSA) is 41.6 Å². The van der Waals surface area contributed by atoms with E-state index in [1.165, 1.54) is 18.2 Å². The molecule has 0 radical (unpaired) electrons. The van der Waals surface area contributed by atoms with Gasteiger partial charge in [-0.1, -0.05) is 6.07 Å². The van der Waals surface area contributed by atoms with Gasteiger partial charge < -0.3 is 10.6 Å². The molecule has 2 aliphatic carbocycles. The zero-order valence-electron chi connectivity index (χ0n) is 11.2. The Morgan fingerprint density at radius 3 is 2.45 bits per heavy atom.